The number of carbonyl (C=O) groups excluding carboxylic acids is 4. The molecule has 0 spiro atoms. The van der Waals surface area contributed by atoms with Crippen LogP contribution in [0.3, 0.4) is 0 Å². The van der Waals surface area contributed by atoms with Gasteiger partial charge in [-0.3, -0.25) is 37.3 Å². The number of carbonyl (C=O) groups is 4. The van der Waals surface area contributed by atoms with E-state index >= 15 is 0 Å². The van der Waals surface area contributed by atoms with E-state index in [4.69, 9.17) is 37.0 Å². The Hall–Kier alpha value is -1.94. The van der Waals surface area contributed by atoms with Crippen molar-refractivity contribution in [3.05, 3.63) is 0 Å². The molecule has 0 aromatic heterocycles. The number of phosphoric acid groups is 2. The minimum absolute atomic E-state index is 0.107. The van der Waals surface area contributed by atoms with Crippen LogP contribution in [0.4, 0.5) is 0 Å². The van der Waals surface area contributed by atoms with Crippen molar-refractivity contribution < 1.29 is 80.2 Å². The molecule has 3 N–H and O–H groups in total. The largest absolute Gasteiger partial charge is 0.472 e. The molecule has 0 aromatic rings. The van der Waals surface area contributed by atoms with E-state index in [9.17, 15) is 43.2 Å². The molecule has 0 rings (SSSR count). The zero-order valence-electron chi connectivity index (χ0n) is 58.4. The highest BCUT2D eigenvalue weighted by Crippen LogP contribution is 2.45. The predicted octanol–water partition coefficient (Wildman–Crippen LogP) is 20.4. The Morgan fingerprint density at radius 1 is 0.322 bits per heavy atom. The molecule has 0 heterocycles. The molecule has 534 valence electrons. The number of ether oxygens (including phenoxy) is 4. The number of hydrogen-bond donors (Lipinski definition) is 3. The van der Waals surface area contributed by atoms with Crippen molar-refractivity contribution >= 4 is 39.5 Å². The SMILES string of the molecule is CCCCCCCCCCCCCCC(=O)O[C@H](COC(=O)CCCCCCCCC)COP(=O)(O)OC[C@H](O)COP(=O)(O)OC[C@@H](COC(=O)CCCCCCCCCCC(C)CC)OC(=O)CCCCCCCCCCCCCCCCCCC(C)C. The van der Waals surface area contributed by atoms with Gasteiger partial charge in [0.1, 0.15) is 19.3 Å². The first-order valence-electron chi connectivity index (χ1n) is 37.0. The summed E-state index contributed by atoms with van der Waals surface area (Å²) in [6.45, 7) is 9.55. The van der Waals surface area contributed by atoms with Gasteiger partial charge in [0.2, 0.25) is 0 Å². The monoisotopic (exact) mass is 1320 g/mol. The van der Waals surface area contributed by atoms with Gasteiger partial charge in [0.15, 0.2) is 12.2 Å². The highest BCUT2D eigenvalue weighted by molar-refractivity contribution is 7.47. The molecule has 0 aromatic carbocycles. The topological polar surface area (TPSA) is 237 Å². The quantitative estimate of drug-likeness (QED) is 0.0222. The highest BCUT2D eigenvalue weighted by atomic mass is 31.2. The van der Waals surface area contributed by atoms with E-state index in [1.165, 1.54) is 167 Å². The van der Waals surface area contributed by atoms with E-state index in [0.717, 1.165) is 115 Å². The summed E-state index contributed by atoms with van der Waals surface area (Å²) in [5.74, 6) is -0.540. The third-order valence-electron chi connectivity index (χ3n) is 16.8. The van der Waals surface area contributed by atoms with Gasteiger partial charge in [0.25, 0.3) is 0 Å². The van der Waals surface area contributed by atoms with Crippen molar-refractivity contribution in [2.45, 2.75) is 381 Å². The summed E-state index contributed by atoms with van der Waals surface area (Å²) in [6.07, 6.45) is 48.6. The van der Waals surface area contributed by atoms with E-state index in [1.54, 1.807) is 0 Å². The number of rotatable bonds is 70. The predicted molar refractivity (Wildman–Crippen MR) is 363 cm³/mol. The van der Waals surface area contributed by atoms with Gasteiger partial charge in [-0.15, -0.1) is 0 Å². The van der Waals surface area contributed by atoms with E-state index in [0.29, 0.717) is 25.7 Å². The van der Waals surface area contributed by atoms with Crippen LogP contribution in [-0.2, 0) is 65.4 Å². The van der Waals surface area contributed by atoms with Crippen molar-refractivity contribution in [2.24, 2.45) is 11.8 Å². The normalized spacial score (nSPS) is 14.4. The third-order valence-corrected chi connectivity index (χ3v) is 18.7. The van der Waals surface area contributed by atoms with Crippen LogP contribution in [0.5, 0.6) is 0 Å². The summed E-state index contributed by atoms with van der Waals surface area (Å²) in [5.41, 5.74) is 0. The lowest BCUT2D eigenvalue weighted by molar-refractivity contribution is -0.161. The first kappa shape index (κ1) is 88.1. The summed E-state index contributed by atoms with van der Waals surface area (Å²) >= 11 is 0. The summed E-state index contributed by atoms with van der Waals surface area (Å²) in [4.78, 5) is 72.4. The molecule has 0 amide bonds. The van der Waals surface area contributed by atoms with Gasteiger partial charge >= 0.3 is 39.5 Å². The molecule has 0 fully saturated rings. The number of unbranched alkanes of at least 4 members (excludes halogenated alkanes) is 39. The number of hydrogen-bond acceptors (Lipinski definition) is 15. The molecular formula is C71H138O17P2. The van der Waals surface area contributed by atoms with E-state index in [1.807, 2.05) is 0 Å². The standard InChI is InChI=1S/C71H138O17P2/c1-7-10-12-14-16-17-18-26-29-37-43-49-55-70(75)87-66(59-81-68(73)53-47-41-33-15-13-11-8-2)61-85-89(77,78)83-57-65(72)58-84-90(79,80)86-62-67(60-82-69(74)54-48-42-36-32-31-35-40-46-52-64(6)9-3)88-71(76)56-50-44-38-30-27-24-22-20-19-21-23-25-28-34-39-45-51-63(4)5/h63-67,72H,7-62H2,1-6H3,(H,77,78)(H,79,80)/t64?,65-,66+,67+/m0/s1. The van der Waals surface area contributed by atoms with Crippen molar-refractivity contribution in [3.8, 4) is 0 Å². The van der Waals surface area contributed by atoms with Crippen LogP contribution < -0.4 is 0 Å². The van der Waals surface area contributed by atoms with Crippen LogP contribution in [0.15, 0.2) is 0 Å². The van der Waals surface area contributed by atoms with Crippen molar-refractivity contribution in [2.75, 3.05) is 39.6 Å². The second-order valence-electron chi connectivity index (χ2n) is 26.3. The average Bonchev–Trinajstić information content (AvgIpc) is 3.02. The number of phosphoric ester groups is 2. The van der Waals surface area contributed by atoms with Gasteiger partial charge in [-0.05, 0) is 37.5 Å². The smallest absolute Gasteiger partial charge is 0.462 e. The summed E-state index contributed by atoms with van der Waals surface area (Å²) in [7, 11) is -9.90. The van der Waals surface area contributed by atoms with Crippen LogP contribution in [0.2, 0.25) is 0 Å². The Morgan fingerprint density at radius 2 is 0.567 bits per heavy atom. The van der Waals surface area contributed by atoms with Crippen LogP contribution >= 0.6 is 15.6 Å². The molecule has 0 saturated heterocycles. The molecule has 19 heteroatoms. The molecule has 0 radical (unpaired) electrons. The van der Waals surface area contributed by atoms with Gasteiger partial charge in [-0.1, -0.05) is 311 Å². The number of aliphatic hydroxyl groups excluding tert-OH is 1. The molecule has 90 heavy (non-hydrogen) atoms. The Morgan fingerprint density at radius 3 is 0.844 bits per heavy atom. The van der Waals surface area contributed by atoms with Crippen LogP contribution in [-0.4, -0.2) is 96.7 Å². The lowest BCUT2D eigenvalue weighted by atomic mass is 9.99. The molecule has 17 nitrogen and oxygen atoms in total. The summed E-state index contributed by atoms with van der Waals surface area (Å²) in [6, 6.07) is 0. The molecule has 0 aliphatic heterocycles. The maximum Gasteiger partial charge on any atom is 0.472 e. The van der Waals surface area contributed by atoms with Crippen LogP contribution in [0, 0.1) is 11.8 Å². The first-order chi connectivity index (χ1) is 43.4. The van der Waals surface area contributed by atoms with Crippen molar-refractivity contribution in [1.29, 1.82) is 0 Å². The summed E-state index contributed by atoms with van der Waals surface area (Å²) in [5, 5.41) is 10.6. The zero-order valence-corrected chi connectivity index (χ0v) is 60.2. The molecule has 0 saturated carbocycles. The third kappa shape index (κ3) is 63.5. The fourth-order valence-corrected chi connectivity index (χ4v) is 12.3. The first-order valence-corrected chi connectivity index (χ1v) is 40.0. The van der Waals surface area contributed by atoms with Gasteiger partial charge < -0.3 is 33.8 Å². The Kier molecular flexibility index (Phi) is 61.8. The fraction of sp³-hybridized carbons (Fsp3) is 0.944. The number of aliphatic hydroxyl groups is 1. The van der Waals surface area contributed by atoms with Gasteiger partial charge in [-0.2, -0.15) is 0 Å². The minimum atomic E-state index is -4.95. The second-order valence-corrected chi connectivity index (χ2v) is 29.3. The summed E-state index contributed by atoms with van der Waals surface area (Å²) < 4.78 is 68.2. The molecule has 0 bridgehead atoms. The Bertz CT molecular complexity index is 1750. The van der Waals surface area contributed by atoms with Crippen LogP contribution in [0.1, 0.15) is 363 Å². The van der Waals surface area contributed by atoms with Gasteiger partial charge in [0, 0.05) is 25.7 Å². The Balaban J connectivity index is 5.18. The Labute approximate surface area is 549 Å². The van der Waals surface area contributed by atoms with Gasteiger partial charge in [0.05, 0.1) is 26.4 Å². The van der Waals surface area contributed by atoms with Crippen molar-refractivity contribution in [3.63, 3.8) is 0 Å². The molecule has 3 unspecified atom stereocenters. The van der Waals surface area contributed by atoms with Crippen LogP contribution in [0.25, 0.3) is 0 Å². The second kappa shape index (κ2) is 63.1. The van der Waals surface area contributed by atoms with E-state index in [2.05, 4.69) is 41.5 Å². The average molecular weight is 1330 g/mol. The van der Waals surface area contributed by atoms with Gasteiger partial charge in [-0.25, -0.2) is 9.13 Å². The van der Waals surface area contributed by atoms with E-state index < -0.39 is 97.5 Å². The maximum absolute atomic E-state index is 13.0. The molecular weight excluding hydrogens is 1190 g/mol. The zero-order chi connectivity index (χ0) is 66.5. The lowest BCUT2D eigenvalue weighted by Gasteiger charge is -2.21. The molecule has 0 aliphatic carbocycles. The lowest BCUT2D eigenvalue weighted by Crippen LogP contribution is -2.30. The molecule has 0 aliphatic rings. The fourth-order valence-electron chi connectivity index (χ4n) is 10.7. The minimum Gasteiger partial charge on any atom is -0.462 e. The molecule has 6 atom stereocenters. The maximum atomic E-state index is 13.0. The highest BCUT2D eigenvalue weighted by Gasteiger charge is 2.30. The van der Waals surface area contributed by atoms with E-state index in [-0.39, 0.29) is 25.7 Å². The number of esters is 4. The van der Waals surface area contributed by atoms with Crippen molar-refractivity contribution in [1.82, 2.24) is 0 Å².